The van der Waals surface area contributed by atoms with Gasteiger partial charge in [0.1, 0.15) is 0 Å². The summed E-state index contributed by atoms with van der Waals surface area (Å²) in [6.07, 6.45) is 0.912. The highest BCUT2D eigenvalue weighted by atomic mass is 32.2. The van der Waals surface area contributed by atoms with Crippen LogP contribution in [0.5, 0.6) is 0 Å². The molecule has 29 heavy (non-hydrogen) atoms. The van der Waals surface area contributed by atoms with E-state index in [0.717, 1.165) is 24.1 Å². The first-order chi connectivity index (χ1) is 13.9. The molecule has 0 atom stereocenters. The Hall–Kier alpha value is -2.22. The lowest BCUT2D eigenvalue weighted by atomic mass is 10.1. The van der Waals surface area contributed by atoms with Gasteiger partial charge >= 0.3 is 0 Å². The van der Waals surface area contributed by atoms with Crippen LogP contribution in [0.2, 0.25) is 0 Å². The van der Waals surface area contributed by atoms with Crippen LogP contribution in [0.4, 0.5) is 0 Å². The van der Waals surface area contributed by atoms with E-state index in [-0.39, 0.29) is 5.91 Å². The summed E-state index contributed by atoms with van der Waals surface area (Å²) in [6, 6.07) is 14.6. The van der Waals surface area contributed by atoms with Gasteiger partial charge in [-0.1, -0.05) is 36.8 Å². The van der Waals surface area contributed by atoms with Crippen LogP contribution in [-0.2, 0) is 16.6 Å². The molecule has 0 aliphatic carbocycles. The number of hydrogen-bond acceptors (Lipinski definition) is 4. The molecule has 1 aliphatic heterocycles. The van der Waals surface area contributed by atoms with E-state index in [4.69, 9.17) is 0 Å². The number of benzene rings is 2. The van der Waals surface area contributed by atoms with Crippen molar-refractivity contribution in [2.75, 3.05) is 32.7 Å². The molecule has 2 aromatic rings. The molecule has 156 valence electrons. The number of carbonyl (C=O) groups excluding carboxylic acids is 1. The van der Waals surface area contributed by atoms with Crippen molar-refractivity contribution in [3.8, 4) is 0 Å². The molecular weight excluding hydrogens is 386 g/mol. The molecule has 1 heterocycles. The highest BCUT2D eigenvalue weighted by Crippen LogP contribution is 2.19. The standard InChI is InChI=1S/C22H29N3O3S/c1-3-12-23-22(26)20-8-6-19(7-9-20)17-24-13-15-25(16-14-24)29(27,28)21-10-4-18(2)5-11-21/h4-11H,3,12-17H2,1-2H3,(H,23,26). The highest BCUT2D eigenvalue weighted by Gasteiger charge is 2.28. The van der Waals surface area contributed by atoms with Crippen LogP contribution < -0.4 is 5.32 Å². The maximum absolute atomic E-state index is 12.8. The lowest BCUT2D eigenvalue weighted by molar-refractivity contribution is 0.0953. The zero-order chi connectivity index (χ0) is 20.9. The van der Waals surface area contributed by atoms with Gasteiger partial charge in [0.25, 0.3) is 5.91 Å². The molecule has 1 aliphatic rings. The van der Waals surface area contributed by atoms with E-state index in [0.29, 0.717) is 43.2 Å². The van der Waals surface area contributed by atoms with E-state index in [1.807, 2.05) is 50.2 Å². The van der Waals surface area contributed by atoms with E-state index in [2.05, 4.69) is 10.2 Å². The predicted octanol–water partition coefficient (Wildman–Crippen LogP) is 2.64. The van der Waals surface area contributed by atoms with Gasteiger partial charge in [-0.15, -0.1) is 0 Å². The van der Waals surface area contributed by atoms with Gasteiger partial charge in [-0.25, -0.2) is 8.42 Å². The molecule has 0 spiro atoms. The molecule has 6 nitrogen and oxygen atoms in total. The van der Waals surface area contributed by atoms with Crippen molar-refractivity contribution in [1.29, 1.82) is 0 Å². The SMILES string of the molecule is CCCNC(=O)c1ccc(CN2CCN(S(=O)(=O)c3ccc(C)cc3)CC2)cc1. The van der Waals surface area contributed by atoms with Crippen LogP contribution in [0.3, 0.4) is 0 Å². The van der Waals surface area contributed by atoms with Crippen molar-refractivity contribution in [1.82, 2.24) is 14.5 Å². The van der Waals surface area contributed by atoms with Gasteiger partial charge in [0.15, 0.2) is 0 Å². The van der Waals surface area contributed by atoms with E-state index >= 15 is 0 Å². The summed E-state index contributed by atoms with van der Waals surface area (Å²) in [7, 11) is -3.44. The average molecular weight is 416 g/mol. The molecule has 1 amide bonds. The van der Waals surface area contributed by atoms with E-state index in [1.165, 1.54) is 0 Å². The molecule has 1 N–H and O–H groups in total. The molecule has 0 unspecified atom stereocenters. The van der Waals surface area contributed by atoms with Gasteiger partial charge in [0, 0.05) is 44.8 Å². The predicted molar refractivity (Wildman–Crippen MR) is 114 cm³/mol. The quantitative estimate of drug-likeness (QED) is 0.755. The molecule has 0 radical (unpaired) electrons. The van der Waals surface area contributed by atoms with Gasteiger partial charge in [-0.05, 0) is 43.2 Å². The Morgan fingerprint density at radius 2 is 1.59 bits per heavy atom. The summed E-state index contributed by atoms with van der Waals surface area (Å²) in [5.74, 6) is -0.0478. The minimum absolute atomic E-state index is 0.0478. The summed E-state index contributed by atoms with van der Waals surface area (Å²) >= 11 is 0. The number of carbonyl (C=O) groups is 1. The number of rotatable bonds is 7. The first kappa shape index (κ1) is 21.5. The first-order valence-electron chi connectivity index (χ1n) is 10.1. The second kappa shape index (κ2) is 9.52. The maximum atomic E-state index is 12.8. The molecule has 0 saturated carbocycles. The van der Waals surface area contributed by atoms with Crippen LogP contribution in [0, 0.1) is 6.92 Å². The Labute approximate surface area is 173 Å². The lowest BCUT2D eigenvalue weighted by Crippen LogP contribution is -2.48. The molecule has 0 bridgehead atoms. The highest BCUT2D eigenvalue weighted by molar-refractivity contribution is 7.89. The van der Waals surface area contributed by atoms with Crippen molar-refractivity contribution in [2.24, 2.45) is 0 Å². The Morgan fingerprint density at radius 3 is 2.17 bits per heavy atom. The number of nitrogens with one attached hydrogen (secondary N) is 1. The van der Waals surface area contributed by atoms with Crippen LogP contribution in [0.25, 0.3) is 0 Å². The number of hydrogen-bond donors (Lipinski definition) is 1. The van der Waals surface area contributed by atoms with Crippen LogP contribution in [0.1, 0.15) is 34.8 Å². The summed E-state index contributed by atoms with van der Waals surface area (Å²) in [6.45, 7) is 7.72. The fourth-order valence-electron chi connectivity index (χ4n) is 3.35. The van der Waals surface area contributed by atoms with Crippen LogP contribution >= 0.6 is 0 Å². The Morgan fingerprint density at radius 1 is 0.966 bits per heavy atom. The number of sulfonamides is 1. The second-order valence-corrected chi connectivity index (χ2v) is 9.38. The van der Waals surface area contributed by atoms with Gasteiger partial charge in [-0.3, -0.25) is 9.69 Å². The van der Waals surface area contributed by atoms with Crippen molar-refractivity contribution in [2.45, 2.75) is 31.7 Å². The molecular formula is C22H29N3O3S. The van der Waals surface area contributed by atoms with Crippen LogP contribution in [-0.4, -0.2) is 56.3 Å². The minimum atomic E-state index is -3.44. The lowest BCUT2D eigenvalue weighted by Gasteiger charge is -2.34. The van der Waals surface area contributed by atoms with E-state index in [1.54, 1.807) is 16.4 Å². The minimum Gasteiger partial charge on any atom is -0.352 e. The monoisotopic (exact) mass is 415 g/mol. The number of nitrogens with zero attached hydrogens (tertiary/aromatic N) is 2. The largest absolute Gasteiger partial charge is 0.352 e. The second-order valence-electron chi connectivity index (χ2n) is 7.45. The fourth-order valence-corrected chi connectivity index (χ4v) is 4.77. The summed E-state index contributed by atoms with van der Waals surface area (Å²) in [5.41, 5.74) is 2.82. The number of piperazine rings is 1. The first-order valence-corrected chi connectivity index (χ1v) is 11.5. The topological polar surface area (TPSA) is 69.7 Å². The van der Waals surface area contributed by atoms with Crippen LogP contribution in [0.15, 0.2) is 53.4 Å². The summed E-state index contributed by atoms with van der Waals surface area (Å²) in [4.78, 5) is 14.6. The number of aryl methyl sites for hydroxylation is 1. The summed E-state index contributed by atoms with van der Waals surface area (Å²) in [5, 5.41) is 2.87. The zero-order valence-corrected chi connectivity index (χ0v) is 17.9. The Balaban J connectivity index is 1.54. The third kappa shape index (κ3) is 5.44. The Kier molecular flexibility index (Phi) is 7.05. The number of amides is 1. The van der Waals surface area contributed by atoms with Gasteiger partial charge in [0.05, 0.1) is 4.90 Å². The van der Waals surface area contributed by atoms with Gasteiger partial charge in [-0.2, -0.15) is 4.31 Å². The molecule has 7 heteroatoms. The molecule has 2 aromatic carbocycles. The normalized spacial score (nSPS) is 15.9. The van der Waals surface area contributed by atoms with Crippen molar-refractivity contribution in [3.63, 3.8) is 0 Å². The van der Waals surface area contributed by atoms with E-state index in [9.17, 15) is 13.2 Å². The molecule has 0 aromatic heterocycles. The van der Waals surface area contributed by atoms with Gasteiger partial charge in [0.2, 0.25) is 10.0 Å². The van der Waals surface area contributed by atoms with Gasteiger partial charge < -0.3 is 5.32 Å². The third-order valence-electron chi connectivity index (χ3n) is 5.15. The third-order valence-corrected chi connectivity index (χ3v) is 7.06. The van der Waals surface area contributed by atoms with Crippen molar-refractivity contribution >= 4 is 15.9 Å². The molecule has 1 saturated heterocycles. The summed E-state index contributed by atoms with van der Waals surface area (Å²) < 4.78 is 27.2. The fraction of sp³-hybridized carbons (Fsp3) is 0.409. The zero-order valence-electron chi connectivity index (χ0n) is 17.1. The molecule has 1 fully saturated rings. The average Bonchev–Trinajstić information content (AvgIpc) is 2.73. The van der Waals surface area contributed by atoms with Crippen molar-refractivity contribution in [3.05, 3.63) is 65.2 Å². The Bertz CT molecular complexity index is 917. The van der Waals surface area contributed by atoms with E-state index < -0.39 is 10.0 Å². The smallest absolute Gasteiger partial charge is 0.251 e. The molecule has 3 rings (SSSR count). The maximum Gasteiger partial charge on any atom is 0.251 e. The van der Waals surface area contributed by atoms with Crippen molar-refractivity contribution < 1.29 is 13.2 Å².